The lowest BCUT2D eigenvalue weighted by Gasteiger charge is -2.14. The van der Waals surface area contributed by atoms with Crippen LogP contribution in [0.3, 0.4) is 0 Å². The zero-order chi connectivity index (χ0) is 20.7. The molecule has 148 valence electrons. The lowest BCUT2D eigenvalue weighted by molar-refractivity contribution is -0.148. The minimum Gasteiger partial charge on any atom is -0.497 e. The predicted molar refractivity (Wildman–Crippen MR) is 101 cm³/mol. The van der Waals surface area contributed by atoms with Crippen LogP contribution in [0, 0.1) is 11.3 Å². The van der Waals surface area contributed by atoms with E-state index in [1.54, 1.807) is 11.4 Å². The summed E-state index contributed by atoms with van der Waals surface area (Å²) in [6, 6.07) is 7.86. The number of nitrogens with one attached hydrogen (secondary N) is 2. The van der Waals surface area contributed by atoms with Crippen LogP contribution in [0.15, 0.2) is 40.6 Å². The van der Waals surface area contributed by atoms with Crippen molar-refractivity contribution >= 4 is 38.2 Å². The highest BCUT2D eigenvalue weighted by atomic mass is 32.2. The predicted octanol–water partition coefficient (Wildman–Crippen LogP) is 1.48. The first kappa shape index (κ1) is 21.4. The van der Waals surface area contributed by atoms with Crippen LogP contribution in [0.4, 0.5) is 5.00 Å². The second kappa shape index (κ2) is 9.32. The molecule has 0 fully saturated rings. The monoisotopic (exact) mass is 423 g/mol. The van der Waals surface area contributed by atoms with Gasteiger partial charge in [0, 0.05) is 0 Å². The van der Waals surface area contributed by atoms with Crippen LogP contribution >= 0.6 is 11.3 Å². The maximum Gasteiger partial charge on any atom is 0.324 e. The molecule has 2 rings (SSSR count). The molecular weight excluding hydrogens is 406 g/mol. The van der Waals surface area contributed by atoms with Crippen LogP contribution in [0.2, 0.25) is 0 Å². The van der Waals surface area contributed by atoms with Gasteiger partial charge in [0.2, 0.25) is 10.0 Å². The first-order valence-corrected chi connectivity index (χ1v) is 10.2. The highest BCUT2D eigenvalue weighted by molar-refractivity contribution is 7.89. The Morgan fingerprint density at radius 3 is 2.54 bits per heavy atom. The van der Waals surface area contributed by atoms with Gasteiger partial charge >= 0.3 is 5.97 Å². The molecule has 0 spiro atoms. The number of anilines is 1. The van der Waals surface area contributed by atoms with Gasteiger partial charge < -0.3 is 14.8 Å². The van der Waals surface area contributed by atoms with Crippen molar-refractivity contribution in [2.75, 3.05) is 19.0 Å². The molecule has 1 aromatic carbocycles. The first-order valence-electron chi connectivity index (χ1n) is 7.87. The van der Waals surface area contributed by atoms with Crippen LogP contribution in [0.1, 0.15) is 12.5 Å². The van der Waals surface area contributed by atoms with Gasteiger partial charge in [-0.15, -0.1) is 11.3 Å². The van der Waals surface area contributed by atoms with Gasteiger partial charge in [0.25, 0.3) is 5.91 Å². The van der Waals surface area contributed by atoms with E-state index >= 15 is 0 Å². The molecular formula is C17H17N3O6S2. The molecule has 9 nitrogen and oxygen atoms in total. The minimum atomic E-state index is -3.96. The van der Waals surface area contributed by atoms with Crippen molar-refractivity contribution in [3.05, 3.63) is 41.3 Å². The van der Waals surface area contributed by atoms with Crippen LogP contribution in [-0.2, 0) is 24.3 Å². The molecule has 1 atom stereocenters. The molecule has 0 bridgehead atoms. The summed E-state index contributed by atoms with van der Waals surface area (Å²) in [6.45, 7) is 0.685. The topological polar surface area (TPSA) is 135 Å². The van der Waals surface area contributed by atoms with Crippen molar-refractivity contribution in [2.45, 2.75) is 17.9 Å². The summed E-state index contributed by atoms with van der Waals surface area (Å²) in [5.41, 5.74) is 0.297. The molecule has 1 aromatic heterocycles. The normalized spacial score (nSPS) is 11.9. The maximum atomic E-state index is 12.3. The SMILES string of the molecule is COc1ccc(S(=O)(=O)N[C@@H](C)C(=O)OCC(=O)Nc2sccc2C#N)cc1. The number of nitriles is 1. The van der Waals surface area contributed by atoms with E-state index in [0.29, 0.717) is 16.3 Å². The van der Waals surface area contributed by atoms with E-state index in [-0.39, 0.29) is 4.90 Å². The van der Waals surface area contributed by atoms with Gasteiger partial charge in [-0.25, -0.2) is 8.42 Å². The Balaban J connectivity index is 1.89. The number of nitrogens with zero attached hydrogens (tertiary/aromatic N) is 1. The summed E-state index contributed by atoms with van der Waals surface area (Å²) in [7, 11) is -2.51. The molecule has 0 aliphatic heterocycles. The van der Waals surface area contributed by atoms with Crippen molar-refractivity contribution < 1.29 is 27.5 Å². The third-order valence-electron chi connectivity index (χ3n) is 3.44. The number of hydrogen-bond donors (Lipinski definition) is 2. The molecule has 0 saturated heterocycles. The van der Waals surface area contributed by atoms with Crippen molar-refractivity contribution in [3.8, 4) is 11.8 Å². The van der Waals surface area contributed by atoms with Gasteiger partial charge in [0.1, 0.15) is 22.9 Å². The number of ether oxygens (including phenoxy) is 2. The average molecular weight is 423 g/mol. The maximum absolute atomic E-state index is 12.3. The lowest BCUT2D eigenvalue weighted by atomic mass is 10.3. The number of carbonyl (C=O) groups excluding carboxylic acids is 2. The molecule has 28 heavy (non-hydrogen) atoms. The van der Waals surface area contributed by atoms with Crippen molar-refractivity contribution in [1.82, 2.24) is 4.72 Å². The number of sulfonamides is 1. The Hall–Kier alpha value is -2.94. The molecule has 0 aliphatic carbocycles. The number of hydrogen-bond acceptors (Lipinski definition) is 8. The van der Waals surface area contributed by atoms with Gasteiger partial charge in [-0.2, -0.15) is 9.98 Å². The highest BCUT2D eigenvalue weighted by Crippen LogP contribution is 2.21. The largest absolute Gasteiger partial charge is 0.497 e. The number of esters is 1. The number of carbonyl (C=O) groups is 2. The number of thiophene rings is 1. The van der Waals surface area contributed by atoms with Crippen LogP contribution in [-0.4, -0.2) is 40.1 Å². The fraction of sp³-hybridized carbons (Fsp3) is 0.235. The summed E-state index contributed by atoms with van der Waals surface area (Å²) in [6.07, 6.45) is 0. The summed E-state index contributed by atoms with van der Waals surface area (Å²) < 4.78 is 36.6. The van der Waals surface area contributed by atoms with Gasteiger partial charge in [0.05, 0.1) is 17.6 Å². The zero-order valence-corrected chi connectivity index (χ0v) is 16.6. The molecule has 1 heterocycles. The summed E-state index contributed by atoms with van der Waals surface area (Å²) in [4.78, 5) is 23.8. The Morgan fingerprint density at radius 1 is 1.25 bits per heavy atom. The highest BCUT2D eigenvalue weighted by Gasteiger charge is 2.24. The number of amides is 1. The van der Waals surface area contributed by atoms with Gasteiger partial charge in [-0.05, 0) is 42.6 Å². The molecule has 0 aliphatic rings. The smallest absolute Gasteiger partial charge is 0.324 e. The van der Waals surface area contributed by atoms with Crippen LogP contribution in [0.25, 0.3) is 0 Å². The summed E-state index contributed by atoms with van der Waals surface area (Å²) in [5.74, 6) is -1.07. The fourth-order valence-corrected chi connectivity index (χ4v) is 3.97. The van der Waals surface area contributed by atoms with E-state index in [1.165, 1.54) is 38.3 Å². The molecule has 0 saturated carbocycles. The van der Waals surface area contributed by atoms with Gasteiger partial charge in [-0.1, -0.05) is 0 Å². The number of methoxy groups -OCH3 is 1. The fourth-order valence-electron chi connectivity index (χ4n) is 2.02. The Labute approximate surface area is 165 Å². The molecule has 1 amide bonds. The lowest BCUT2D eigenvalue weighted by Crippen LogP contribution is -2.40. The zero-order valence-electron chi connectivity index (χ0n) is 15.0. The van der Waals surface area contributed by atoms with Gasteiger partial charge in [-0.3, -0.25) is 9.59 Å². The quantitative estimate of drug-likeness (QED) is 0.614. The molecule has 2 aromatic rings. The third kappa shape index (κ3) is 5.53. The first-order chi connectivity index (χ1) is 13.3. The second-order valence-corrected chi connectivity index (χ2v) is 8.08. The van der Waals surface area contributed by atoms with Gasteiger partial charge in [0.15, 0.2) is 6.61 Å². The molecule has 11 heteroatoms. The summed E-state index contributed by atoms with van der Waals surface area (Å²) in [5, 5.41) is 13.3. The van der Waals surface area contributed by atoms with Crippen LogP contribution in [0.5, 0.6) is 5.75 Å². The van der Waals surface area contributed by atoms with E-state index < -0.39 is 34.5 Å². The second-order valence-electron chi connectivity index (χ2n) is 5.45. The number of rotatable bonds is 8. The van der Waals surface area contributed by atoms with Crippen molar-refractivity contribution in [1.29, 1.82) is 5.26 Å². The Kier molecular flexibility index (Phi) is 7.11. The molecule has 0 unspecified atom stereocenters. The van der Waals surface area contributed by atoms with E-state index in [4.69, 9.17) is 14.7 Å². The van der Waals surface area contributed by atoms with E-state index in [2.05, 4.69) is 10.0 Å². The van der Waals surface area contributed by atoms with E-state index in [0.717, 1.165) is 11.3 Å². The molecule has 0 radical (unpaired) electrons. The van der Waals surface area contributed by atoms with Crippen LogP contribution < -0.4 is 14.8 Å². The Bertz CT molecular complexity index is 993. The summed E-state index contributed by atoms with van der Waals surface area (Å²) >= 11 is 1.16. The minimum absolute atomic E-state index is 0.0487. The number of benzene rings is 1. The van der Waals surface area contributed by atoms with E-state index in [9.17, 15) is 18.0 Å². The van der Waals surface area contributed by atoms with Crippen molar-refractivity contribution in [3.63, 3.8) is 0 Å². The molecule has 2 N–H and O–H groups in total. The Morgan fingerprint density at radius 2 is 1.93 bits per heavy atom. The average Bonchev–Trinajstić information content (AvgIpc) is 3.12. The third-order valence-corrected chi connectivity index (χ3v) is 5.83. The van der Waals surface area contributed by atoms with Crippen molar-refractivity contribution in [2.24, 2.45) is 0 Å². The standard InChI is InChI=1S/C17H17N3O6S2/c1-11(20-28(23,24)14-5-3-13(25-2)4-6-14)17(22)26-10-15(21)19-16-12(9-18)7-8-27-16/h3-8,11,20H,10H2,1-2H3,(H,19,21)/t11-/m0/s1. The van der Waals surface area contributed by atoms with E-state index in [1.807, 2.05) is 6.07 Å².